The van der Waals surface area contributed by atoms with Crippen molar-refractivity contribution in [1.82, 2.24) is 4.98 Å². The van der Waals surface area contributed by atoms with E-state index in [0.717, 1.165) is 0 Å². The van der Waals surface area contributed by atoms with Gasteiger partial charge in [0, 0.05) is 11.8 Å². The van der Waals surface area contributed by atoms with Crippen molar-refractivity contribution in [3.05, 3.63) is 54.2 Å². The second-order valence-corrected chi connectivity index (χ2v) is 5.49. The Labute approximate surface area is 117 Å². The summed E-state index contributed by atoms with van der Waals surface area (Å²) in [4.78, 5) is 4.00. The Morgan fingerprint density at radius 1 is 1.20 bits per heavy atom. The van der Waals surface area contributed by atoms with E-state index in [0.29, 0.717) is 5.56 Å². The van der Waals surface area contributed by atoms with E-state index in [-0.39, 0.29) is 17.3 Å². The topological polar surface area (TPSA) is 79.3 Å². The van der Waals surface area contributed by atoms with E-state index in [1.807, 2.05) is 0 Å². The summed E-state index contributed by atoms with van der Waals surface area (Å²) in [5, 5.41) is 8.64. The molecule has 0 saturated carbocycles. The summed E-state index contributed by atoms with van der Waals surface area (Å²) in [5.41, 5.74) is 0.517. The quantitative estimate of drug-likeness (QED) is 0.832. The van der Waals surface area contributed by atoms with Crippen LogP contribution in [0.2, 0.25) is 0 Å². The number of nitrogens with zero attached hydrogens (tertiary/aromatic N) is 1. The number of aromatic nitrogens is 1. The smallest absolute Gasteiger partial charge is 0.263 e. The van der Waals surface area contributed by atoms with Crippen LogP contribution in [-0.2, 0) is 10.0 Å². The zero-order valence-electron chi connectivity index (χ0n) is 10.4. The summed E-state index contributed by atoms with van der Waals surface area (Å²) in [6, 6.07) is 11.1. The molecule has 1 aromatic carbocycles. The molecule has 0 radical (unpaired) electrons. The van der Waals surface area contributed by atoms with Crippen LogP contribution in [0.5, 0.6) is 0 Å². The van der Waals surface area contributed by atoms with Crippen molar-refractivity contribution in [2.24, 2.45) is 0 Å². The third-order valence-electron chi connectivity index (χ3n) is 2.36. The number of pyridine rings is 1. The van der Waals surface area contributed by atoms with Crippen molar-refractivity contribution in [3.8, 4) is 11.8 Å². The lowest BCUT2D eigenvalue weighted by atomic mass is 10.2. The Morgan fingerprint density at radius 3 is 2.75 bits per heavy atom. The maximum absolute atomic E-state index is 12.2. The highest BCUT2D eigenvalue weighted by Crippen LogP contribution is 2.15. The molecule has 1 heterocycles. The fraction of sp³-hybridized carbons (Fsp3) is 0.0714. The van der Waals surface area contributed by atoms with Crippen molar-refractivity contribution in [2.45, 2.75) is 4.90 Å². The van der Waals surface area contributed by atoms with Crippen LogP contribution in [0, 0.1) is 11.8 Å². The van der Waals surface area contributed by atoms with Crippen molar-refractivity contribution in [2.75, 3.05) is 11.3 Å². The van der Waals surface area contributed by atoms with Crippen LogP contribution in [0.25, 0.3) is 0 Å². The van der Waals surface area contributed by atoms with Crippen LogP contribution >= 0.6 is 0 Å². The average molecular weight is 288 g/mol. The minimum atomic E-state index is -3.70. The Kier molecular flexibility index (Phi) is 4.35. The zero-order valence-corrected chi connectivity index (χ0v) is 11.3. The number of aliphatic hydroxyl groups is 1. The highest BCUT2D eigenvalue weighted by molar-refractivity contribution is 7.92. The van der Waals surface area contributed by atoms with E-state index in [4.69, 9.17) is 5.11 Å². The third kappa shape index (κ3) is 3.57. The van der Waals surface area contributed by atoms with Crippen LogP contribution < -0.4 is 4.72 Å². The zero-order chi connectivity index (χ0) is 14.4. The molecule has 2 rings (SSSR count). The molecular formula is C14H12N2O3S. The fourth-order valence-electron chi connectivity index (χ4n) is 1.50. The minimum absolute atomic E-state index is 0.0906. The van der Waals surface area contributed by atoms with E-state index in [9.17, 15) is 8.42 Å². The van der Waals surface area contributed by atoms with Crippen LogP contribution in [0.3, 0.4) is 0 Å². The molecule has 2 aromatic rings. The van der Waals surface area contributed by atoms with Crippen molar-refractivity contribution < 1.29 is 13.5 Å². The van der Waals surface area contributed by atoms with Crippen molar-refractivity contribution in [3.63, 3.8) is 0 Å². The van der Waals surface area contributed by atoms with Gasteiger partial charge in [-0.2, -0.15) is 0 Å². The molecule has 5 nitrogen and oxygen atoms in total. The monoisotopic (exact) mass is 288 g/mol. The maximum atomic E-state index is 12.2. The number of rotatable bonds is 3. The number of benzene rings is 1. The highest BCUT2D eigenvalue weighted by Gasteiger charge is 2.14. The normalized spacial score (nSPS) is 10.4. The molecule has 0 aliphatic heterocycles. The van der Waals surface area contributed by atoms with Gasteiger partial charge in [0.15, 0.2) is 0 Å². The molecule has 0 unspecified atom stereocenters. The summed E-state index contributed by atoms with van der Waals surface area (Å²) in [6.07, 6.45) is 1.50. The van der Waals surface area contributed by atoms with Crippen LogP contribution in [-0.4, -0.2) is 25.1 Å². The Balaban J connectivity index is 2.30. The fourth-order valence-corrected chi connectivity index (χ4v) is 2.56. The number of nitrogens with one attached hydrogen (secondary N) is 1. The van der Waals surface area contributed by atoms with E-state index in [2.05, 4.69) is 21.5 Å². The standard InChI is InChI=1S/C14H12N2O3S/c17-10-4-6-12-5-3-7-13(11-12)20(18,19)16-14-8-1-2-9-15-14/h1-3,5,7-9,11,17H,10H2,(H,15,16). The van der Waals surface area contributed by atoms with Crippen molar-refractivity contribution in [1.29, 1.82) is 0 Å². The van der Waals surface area contributed by atoms with Crippen molar-refractivity contribution >= 4 is 15.8 Å². The van der Waals surface area contributed by atoms with Crippen LogP contribution in [0.1, 0.15) is 5.56 Å². The van der Waals surface area contributed by atoms with Gasteiger partial charge in [-0.3, -0.25) is 4.72 Å². The summed E-state index contributed by atoms with van der Waals surface area (Å²) in [7, 11) is -3.70. The van der Waals surface area contributed by atoms with Gasteiger partial charge in [-0.25, -0.2) is 13.4 Å². The van der Waals surface area contributed by atoms with Gasteiger partial charge in [0.1, 0.15) is 12.4 Å². The molecule has 2 N–H and O–H groups in total. The van der Waals surface area contributed by atoms with Gasteiger partial charge in [-0.05, 0) is 30.3 Å². The van der Waals surface area contributed by atoms with Gasteiger partial charge in [0.05, 0.1) is 4.90 Å². The van der Waals surface area contributed by atoms with Gasteiger partial charge >= 0.3 is 0 Å². The molecule has 6 heteroatoms. The van der Waals surface area contributed by atoms with Gasteiger partial charge in [-0.15, -0.1) is 0 Å². The molecule has 0 bridgehead atoms. The molecular weight excluding hydrogens is 276 g/mol. The van der Waals surface area contributed by atoms with E-state index in [1.165, 1.54) is 18.3 Å². The second-order valence-electron chi connectivity index (χ2n) is 3.81. The molecule has 0 fully saturated rings. The van der Waals surface area contributed by atoms with E-state index in [1.54, 1.807) is 30.3 Å². The lowest BCUT2D eigenvalue weighted by molar-refractivity contribution is 0.350. The van der Waals surface area contributed by atoms with Gasteiger partial charge < -0.3 is 5.11 Å². The first-order valence-electron chi connectivity index (χ1n) is 5.75. The van der Waals surface area contributed by atoms with Gasteiger partial charge in [0.2, 0.25) is 0 Å². The number of anilines is 1. The second kappa shape index (κ2) is 6.19. The molecule has 20 heavy (non-hydrogen) atoms. The summed E-state index contributed by atoms with van der Waals surface area (Å²) in [5.74, 6) is 5.38. The molecule has 0 spiro atoms. The first kappa shape index (κ1) is 14.1. The molecule has 0 atom stereocenters. The number of sulfonamides is 1. The molecule has 0 saturated heterocycles. The minimum Gasteiger partial charge on any atom is -0.384 e. The predicted octanol–water partition coefficient (Wildman–Crippen LogP) is 1.23. The summed E-state index contributed by atoms with van der Waals surface area (Å²) >= 11 is 0. The molecule has 102 valence electrons. The Morgan fingerprint density at radius 2 is 2.05 bits per heavy atom. The average Bonchev–Trinajstić information content (AvgIpc) is 2.46. The van der Waals surface area contributed by atoms with Gasteiger partial charge in [-0.1, -0.05) is 24.0 Å². The number of hydrogen-bond acceptors (Lipinski definition) is 4. The van der Waals surface area contributed by atoms with Crippen LogP contribution in [0.15, 0.2) is 53.6 Å². The number of aliphatic hydroxyl groups excluding tert-OH is 1. The molecule has 1 aromatic heterocycles. The SMILES string of the molecule is O=S(=O)(Nc1ccccn1)c1cccc(C#CCO)c1. The lowest BCUT2D eigenvalue weighted by Crippen LogP contribution is -2.13. The molecule has 0 amide bonds. The van der Waals surface area contributed by atoms with Gasteiger partial charge in [0.25, 0.3) is 10.0 Å². The Hall–Kier alpha value is -2.36. The first-order chi connectivity index (χ1) is 9.62. The molecule has 0 aliphatic rings. The van der Waals surface area contributed by atoms with E-state index < -0.39 is 10.0 Å². The lowest BCUT2D eigenvalue weighted by Gasteiger charge is -2.07. The van der Waals surface area contributed by atoms with E-state index >= 15 is 0 Å². The summed E-state index contributed by atoms with van der Waals surface area (Å²) in [6.45, 7) is -0.275. The Bertz CT molecular complexity index is 747. The third-order valence-corrected chi connectivity index (χ3v) is 3.71. The predicted molar refractivity (Wildman–Crippen MR) is 75.5 cm³/mol. The maximum Gasteiger partial charge on any atom is 0.263 e. The first-order valence-corrected chi connectivity index (χ1v) is 7.24. The van der Waals surface area contributed by atoms with Crippen LogP contribution in [0.4, 0.5) is 5.82 Å². The highest BCUT2D eigenvalue weighted by atomic mass is 32.2. The summed E-state index contributed by atoms with van der Waals surface area (Å²) < 4.78 is 26.7. The molecule has 0 aliphatic carbocycles. The largest absolute Gasteiger partial charge is 0.384 e. The number of hydrogen-bond donors (Lipinski definition) is 2.